The van der Waals surface area contributed by atoms with Crippen LogP contribution in [-0.2, 0) is 9.59 Å². The summed E-state index contributed by atoms with van der Waals surface area (Å²) in [5.74, 6) is -0.650. The minimum atomic E-state index is -0.351. The molecule has 6 heteroatoms. The molecular weight excluding hydrogens is 273 g/mol. The van der Waals surface area contributed by atoms with Crippen molar-refractivity contribution in [3.05, 3.63) is 30.1 Å². The van der Waals surface area contributed by atoms with Crippen LogP contribution in [0, 0.1) is 5.82 Å². The molecule has 0 heterocycles. The summed E-state index contributed by atoms with van der Waals surface area (Å²) in [4.78, 5) is 23.1. The minimum Gasteiger partial charge on any atom is -0.351 e. The van der Waals surface area contributed by atoms with Crippen LogP contribution in [0.25, 0.3) is 0 Å². The molecule has 0 aromatic heterocycles. The molecule has 2 amide bonds. The average Bonchev–Trinajstić information content (AvgIpc) is 2.35. The van der Waals surface area contributed by atoms with Crippen LogP contribution in [0.5, 0.6) is 0 Å². The Balaban J connectivity index is 2.19. The summed E-state index contributed by atoms with van der Waals surface area (Å²) in [6, 6.07) is 5.54. The van der Waals surface area contributed by atoms with Crippen molar-refractivity contribution in [2.24, 2.45) is 0 Å². The first-order valence-corrected chi connectivity index (χ1v) is 6.83. The second-order valence-corrected chi connectivity index (χ2v) is 5.78. The third kappa shape index (κ3) is 8.04. The maximum atomic E-state index is 12.7. The van der Waals surface area contributed by atoms with Crippen LogP contribution in [0.3, 0.4) is 0 Å². The van der Waals surface area contributed by atoms with Gasteiger partial charge in [0.15, 0.2) is 0 Å². The Bertz CT molecular complexity index is 481. The molecule has 1 aromatic rings. The van der Waals surface area contributed by atoms with Gasteiger partial charge >= 0.3 is 0 Å². The Morgan fingerprint density at radius 1 is 1.10 bits per heavy atom. The second-order valence-electron chi connectivity index (χ2n) is 5.78. The molecule has 0 aliphatic heterocycles. The van der Waals surface area contributed by atoms with E-state index in [1.807, 2.05) is 20.8 Å². The van der Waals surface area contributed by atoms with Gasteiger partial charge in [0.2, 0.25) is 11.8 Å². The first-order valence-electron chi connectivity index (χ1n) is 6.83. The molecule has 0 saturated heterocycles. The molecule has 0 atom stereocenters. The molecule has 0 saturated carbocycles. The fourth-order valence-corrected chi connectivity index (χ4v) is 1.62. The Labute approximate surface area is 124 Å². The van der Waals surface area contributed by atoms with Gasteiger partial charge in [0, 0.05) is 24.2 Å². The number of hydrogen-bond donors (Lipinski definition) is 3. The third-order valence-corrected chi connectivity index (χ3v) is 2.46. The van der Waals surface area contributed by atoms with Crippen molar-refractivity contribution in [3.63, 3.8) is 0 Å². The van der Waals surface area contributed by atoms with Crippen molar-refractivity contribution < 1.29 is 14.0 Å². The number of amides is 2. The van der Waals surface area contributed by atoms with Crippen LogP contribution < -0.4 is 16.0 Å². The molecule has 5 nitrogen and oxygen atoms in total. The Morgan fingerprint density at radius 2 is 1.71 bits per heavy atom. The molecule has 3 N–H and O–H groups in total. The first-order chi connectivity index (χ1) is 9.76. The van der Waals surface area contributed by atoms with E-state index in [9.17, 15) is 14.0 Å². The van der Waals surface area contributed by atoms with Crippen LogP contribution in [-0.4, -0.2) is 30.4 Å². The van der Waals surface area contributed by atoms with E-state index in [2.05, 4.69) is 16.0 Å². The van der Waals surface area contributed by atoms with Crippen LogP contribution >= 0.6 is 0 Å². The second kappa shape index (κ2) is 7.73. The number of carbonyl (C=O) groups excluding carboxylic acids is 2. The largest absolute Gasteiger partial charge is 0.351 e. The molecule has 0 aliphatic rings. The van der Waals surface area contributed by atoms with Gasteiger partial charge in [-0.2, -0.15) is 0 Å². The predicted molar refractivity (Wildman–Crippen MR) is 80.4 cm³/mol. The average molecular weight is 295 g/mol. The van der Waals surface area contributed by atoms with E-state index in [1.165, 1.54) is 24.3 Å². The lowest BCUT2D eigenvalue weighted by atomic mass is 10.1. The number of benzene rings is 1. The van der Waals surface area contributed by atoms with E-state index >= 15 is 0 Å². The van der Waals surface area contributed by atoms with Gasteiger partial charge in [-0.3, -0.25) is 9.59 Å². The highest BCUT2D eigenvalue weighted by atomic mass is 19.1. The van der Waals surface area contributed by atoms with Gasteiger partial charge in [-0.25, -0.2) is 4.39 Å². The van der Waals surface area contributed by atoms with Gasteiger partial charge in [-0.1, -0.05) is 0 Å². The highest BCUT2D eigenvalue weighted by molar-refractivity contribution is 5.92. The topological polar surface area (TPSA) is 70.2 Å². The Hall–Kier alpha value is -1.95. The summed E-state index contributed by atoms with van der Waals surface area (Å²) in [6.07, 6.45) is 0.307. The summed E-state index contributed by atoms with van der Waals surface area (Å²) in [5, 5.41) is 8.35. The van der Waals surface area contributed by atoms with Crippen molar-refractivity contribution in [1.82, 2.24) is 10.6 Å². The maximum absolute atomic E-state index is 12.7. The maximum Gasteiger partial charge on any atom is 0.238 e. The molecule has 0 spiro atoms. The molecule has 0 aliphatic carbocycles. The monoisotopic (exact) mass is 295 g/mol. The molecule has 0 fully saturated rings. The highest BCUT2D eigenvalue weighted by Crippen LogP contribution is 2.07. The Morgan fingerprint density at radius 3 is 2.29 bits per heavy atom. The quantitative estimate of drug-likeness (QED) is 0.699. The number of carbonyl (C=O) groups is 2. The van der Waals surface area contributed by atoms with E-state index in [4.69, 9.17) is 0 Å². The van der Waals surface area contributed by atoms with Gasteiger partial charge in [0.25, 0.3) is 0 Å². The lowest BCUT2D eigenvalue weighted by molar-refractivity contribution is -0.122. The molecule has 0 bridgehead atoms. The van der Waals surface area contributed by atoms with Gasteiger partial charge in [-0.05, 0) is 45.0 Å². The Kier molecular flexibility index (Phi) is 6.30. The van der Waals surface area contributed by atoms with Crippen LogP contribution in [0.2, 0.25) is 0 Å². The number of rotatable bonds is 6. The highest BCUT2D eigenvalue weighted by Gasteiger charge is 2.13. The van der Waals surface area contributed by atoms with E-state index in [-0.39, 0.29) is 29.7 Å². The molecule has 21 heavy (non-hydrogen) atoms. The van der Waals surface area contributed by atoms with Gasteiger partial charge in [0.1, 0.15) is 5.82 Å². The normalized spacial score (nSPS) is 11.0. The molecule has 116 valence electrons. The summed E-state index contributed by atoms with van der Waals surface area (Å²) >= 11 is 0. The smallest absolute Gasteiger partial charge is 0.238 e. The molecule has 1 aromatic carbocycles. The molecule has 1 rings (SSSR count). The zero-order valence-corrected chi connectivity index (χ0v) is 12.6. The summed E-state index contributed by atoms with van der Waals surface area (Å²) < 4.78 is 12.7. The first kappa shape index (κ1) is 17.1. The van der Waals surface area contributed by atoms with Gasteiger partial charge in [0.05, 0.1) is 6.54 Å². The zero-order valence-electron chi connectivity index (χ0n) is 12.6. The summed E-state index contributed by atoms with van der Waals surface area (Å²) in [6.45, 7) is 6.25. The predicted octanol–water partition coefficient (Wildman–Crippen LogP) is 1.66. The van der Waals surface area contributed by atoms with Gasteiger partial charge < -0.3 is 16.0 Å². The summed E-state index contributed by atoms with van der Waals surface area (Å²) in [7, 11) is 0. The van der Waals surface area contributed by atoms with E-state index < -0.39 is 0 Å². The van der Waals surface area contributed by atoms with Crippen LogP contribution in [0.4, 0.5) is 10.1 Å². The van der Waals surface area contributed by atoms with Crippen LogP contribution in [0.15, 0.2) is 24.3 Å². The van der Waals surface area contributed by atoms with Crippen molar-refractivity contribution in [3.8, 4) is 0 Å². The summed E-state index contributed by atoms with van der Waals surface area (Å²) in [5.41, 5.74) is 0.283. The SMILES string of the molecule is CC(C)(C)NC(=O)CCNCC(=O)Nc1ccc(F)cc1. The van der Waals surface area contributed by atoms with E-state index in [0.29, 0.717) is 18.7 Å². The van der Waals surface area contributed by atoms with Crippen molar-refractivity contribution >= 4 is 17.5 Å². The fourth-order valence-electron chi connectivity index (χ4n) is 1.62. The van der Waals surface area contributed by atoms with E-state index in [1.54, 1.807) is 0 Å². The number of halogens is 1. The van der Waals surface area contributed by atoms with Crippen LogP contribution in [0.1, 0.15) is 27.2 Å². The fraction of sp³-hybridized carbons (Fsp3) is 0.467. The van der Waals surface area contributed by atoms with Crippen molar-refractivity contribution in [2.75, 3.05) is 18.4 Å². The van der Waals surface area contributed by atoms with Crippen molar-refractivity contribution in [1.29, 1.82) is 0 Å². The number of hydrogen-bond acceptors (Lipinski definition) is 3. The molecule has 0 unspecified atom stereocenters. The lowest BCUT2D eigenvalue weighted by Gasteiger charge is -2.20. The zero-order chi connectivity index (χ0) is 15.9. The number of anilines is 1. The molecular formula is C15H22FN3O2. The standard InChI is InChI=1S/C15H22FN3O2/c1-15(2,3)19-13(20)8-9-17-10-14(21)18-12-6-4-11(16)5-7-12/h4-7,17H,8-10H2,1-3H3,(H,18,21)(H,19,20). The minimum absolute atomic E-state index is 0.0612. The van der Waals surface area contributed by atoms with Gasteiger partial charge in [-0.15, -0.1) is 0 Å². The third-order valence-electron chi connectivity index (χ3n) is 2.46. The van der Waals surface area contributed by atoms with Crippen molar-refractivity contribution in [2.45, 2.75) is 32.7 Å². The lowest BCUT2D eigenvalue weighted by Crippen LogP contribution is -2.42. The van der Waals surface area contributed by atoms with E-state index in [0.717, 1.165) is 0 Å². The molecule has 0 radical (unpaired) electrons. The number of nitrogens with one attached hydrogen (secondary N) is 3.